The maximum Gasteiger partial charge on any atom is 0.316 e. The van der Waals surface area contributed by atoms with Crippen molar-refractivity contribution in [1.82, 2.24) is 9.97 Å². The minimum Gasteiger partial charge on any atom is -0.462 e. The number of nitrogens with zero attached hydrogens (tertiary/aromatic N) is 2. The van der Waals surface area contributed by atoms with Crippen molar-refractivity contribution in [3.63, 3.8) is 0 Å². The minimum absolute atomic E-state index is 0.0817. The van der Waals surface area contributed by atoms with E-state index in [2.05, 4.69) is 30.7 Å². The third-order valence-electron chi connectivity index (χ3n) is 4.73. The molecule has 0 radical (unpaired) electrons. The molecule has 2 heterocycles. The van der Waals surface area contributed by atoms with Gasteiger partial charge >= 0.3 is 5.97 Å². The number of carbonyl (C=O) groups is 1. The van der Waals surface area contributed by atoms with Gasteiger partial charge in [0.15, 0.2) is 0 Å². The lowest BCUT2D eigenvalue weighted by Gasteiger charge is -2.33. The quantitative estimate of drug-likeness (QED) is 0.431. The second kappa shape index (κ2) is 7.23. The van der Waals surface area contributed by atoms with E-state index >= 15 is 0 Å². The monoisotopic (exact) mass is 378 g/mol. The SMILES string of the molecule is CC(C)OC(=O)CSc1ncnc2sc3c(c12)CCC(C(C)(C)C)C3. The molecule has 4 nitrogen and oxygen atoms in total. The minimum atomic E-state index is -0.191. The van der Waals surface area contributed by atoms with Gasteiger partial charge in [0, 0.05) is 10.3 Å². The molecule has 6 heteroatoms. The van der Waals surface area contributed by atoms with Crippen LogP contribution in [0.5, 0.6) is 0 Å². The molecule has 2 aromatic rings. The van der Waals surface area contributed by atoms with Gasteiger partial charge in [0.25, 0.3) is 0 Å². The molecule has 1 aliphatic carbocycles. The van der Waals surface area contributed by atoms with E-state index in [0.29, 0.717) is 17.1 Å². The Morgan fingerprint density at radius 1 is 1.40 bits per heavy atom. The lowest BCUT2D eigenvalue weighted by atomic mass is 9.72. The largest absolute Gasteiger partial charge is 0.462 e. The maximum atomic E-state index is 11.9. The summed E-state index contributed by atoms with van der Waals surface area (Å²) in [6.07, 6.45) is 4.94. The zero-order valence-corrected chi connectivity index (χ0v) is 17.2. The number of esters is 1. The molecule has 0 amide bonds. The van der Waals surface area contributed by atoms with Crippen LogP contribution in [0.3, 0.4) is 0 Å². The first-order valence-electron chi connectivity index (χ1n) is 8.83. The number of rotatable bonds is 4. The molecule has 0 bridgehead atoms. The van der Waals surface area contributed by atoms with Crippen molar-refractivity contribution in [2.75, 3.05) is 5.75 Å². The van der Waals surface area contributed by atoms with Gasteiger partial charge in [-0.3, -0.25) is 4.79 Å². The van der Waals surface area contributed by atoms with Crippen molar-refractivity contribution in [3.8, 4) is 0 Å². The third-order valence-corrected chi connectivity index (χ3v) is 6.85. The first-order valence-corrected chi connectivity index (χ1v) is 10.6. The van der Waals surface area contributed by atoms with Crippen LogP contribution in [0.2, 0.25) is 0 Å². The van der Waals surface area contributed by atoms with Gasteiger partial charge in [-0.05, 0) is 50.0 Å². The van der Waals surface area contributed by atoms with E-state index in [1.54, 1.807) is 17.7 Å². The number of ether oxygens (including phenoxy) is 1. The van der Waals surface area contributed by atoms with Crippen LogP contribution in [0.1, 0.15) is 51.5 Å². The van der Waals surface area contributed by atoms with Crippen molar-refractivity contribution in [3.05, 3.63) is 16.8 Å². The molecule has 136 valence electrons. The van der Waals surface area contributed by atoms with E-state index in [1.165, 1.54) is 28.6 Å². The first kappa shape index (κ1) is 18.6. The van der Waals surface area contributed by atoms with Crippen LogP contribution in [0.25, 0.3) is 10.2 Å². The van der Waals surface area contributed by atoms with Gasteiger partial charge in [0.1, 0.15) is 16.2 Å². The molecule has 0 aromatic carbocycles. The molecule has 1 aliphatic rings. The Balaban J connectivity index is 1.85. The number of fused-ring (bicyclic) bond motifs is 3. The standard InChI is InChI=1S/C19H26N2O2S2/c1-11(2)23-15(22)9-24-17-16-13-7-6-12(19(3,4)5)8-14(13)25-18(16)21-10-20-17/h10-12H,6-9H2,1-5H3. The smallest absolute Gasteiger partial charge is 0.316 e. The van der Waals surface area contributed by atoms with Gasteiger partial charge in [0.2, 0.25) is 0 Å². The number of thiophene rings is 1. The predicted octanol–water partition coefficient (Wildman–Crippen LogP) is 4.89. The molecular formula is C19H26N2O2S2. The summed E-state index contributed by atoms with van der Waals surface area (Å²) >= 11 is 3.26. The fourth-order valence-corrected chi connectivity index (χ4v) is 5.49. The van der Waals surface area contributed by atoms with Crippen LogP contribution < -0.4 is 0 Å². The Hall–Kier alpha value is -1.14. The summed E-state index contributed by atoms with van der Waals surface area (Å²) in [6.45, 7) is 10.7. The van der Waals surface area contributed by atoms with Gasteiger partial charge in [-0.15, -0.1) is 11.3 Å². The fraction of sp³-hybridized carbons (Fsp3) is 0.632. The van der Waals surface area contributed by atoms with E-state index in [-0.39, 0.29) is 12.1 Å². The summed E-state index contributed by atoms with van der Waals surface area (Å²) in [6, 6.07) is 0. The van der Waals surface area contributed by atoms with Crippen molar-refractivity contribution in [1.29, 1.82) is 0 Å². The predicted molar refractivity (Wildman–Crippen MR) is 104 cm³/mol. The van der Waals surface area contributed by atoms with E-state index in [0.717, 1.165) is 28.1 Å². The highest BCUT2D eigenvalue weighted by Gasteiger charge is 2.31. The summed E-state index contributed by atoms with van der Waals surface area (Å²) in [4.78, 5) is 23.3. The Morgan fingerprint density at radius 3 is 2.84 bits per heavy atom. The van der Waals surface area contributed by atoms with Crippen molar-refractivity contribution in [2.45, 2.75) is 65.0 Å². The van der Waals surface area contributed by atoms with Gasteiger partial charge < -0.3 is 4.74 Å². The van der Waals surface area contributed by atoms with Gasteiger partial charge in [-0.25, -0.2) is 9.97 Å². The van der Waals surface area contributed by atoms with Crippen LogP contribution in [0.4, 0.5) is 0 Å². The lowest BCUT2D eigenvalue weighted by molar-refractivity contribution is -0.144. The highest BCUT2D eigenvalue weighted by Crippen LogP contribution is 2.44. The van der Waals surface area contributed by atoms with Crippen molar-refractivity contribution in [2.24, 2.45) is 11.3 Å². The van der Waals surface area contributed by atoms with E-state index in [1.807, 2.05) is 13.8 Å². The highest BCUT2D eigenvalue weighted by atomic mass is 32.2. The normalized spacial score (nSPS) is 17.8. The average molecular weight is 379 g/mol. The molecule has 1 atom stereocenters. The number of hydrogen-bond acceptors (Lipinski definition) is 6. The molecule has 1 unspecified atom stereocenters. The lowest BCUT2D eigenvalue weighted by Crippen LogP contribution is -2.26. The first-order chi connectivity index (χ1) is 11.8. The summed E-state index contributed by atoms with van der Waals surface area (Å²) in [5.74, 6) is 0.807. The summed E-state index contributed by atoms with van der Waals surface area (Å²) in [5, 5.41) is 2.08. The molecule has 0 N–H and O–H groups in total. The number of carbonyl (C=O) groups excluding carboxylic acids is 1. The molecular weight excluding hydrogens is 352 g/mol. The molecule has 0 fully saturated rings. The number of thioether (sulfide) groups is 1. The topological polar surface area (TPSA) is 52.1 Å². The molecule has 0 aliphatic heterocycles. The number of aryl methyl sites for hydroxylation is 1. The summed E-state index contributed by atoms with van der Waals surface area (Å²) in [5.41, 5.74) is 1.73. The highest BCUT2D eigenvalue weighted by molar-refractivity contribution is 8.00. The Kier molecular flexibility index (Phi) is 5.40. The van der Waals surface area contributed by atoms with Crippen LogP contribution in [-0.2, 0) is 22.4 Å². The molecule has 3 rings (SSSR count). The van der Waals surface area contributed by atoms with Crippen molar-refractivity contribution >= 4 is 39.3 Å². The van der Waals surface area contributed by atoms with Gasteiger partial charge in [-0.2, -0.15) is 0 Å². The zero-order chi connectivity index (χ0) is 18.2. The Morgan fingerprint density at radius 2 is 2.16 bits per heavy atom. The molecule has 2 aromatic heterocycles. The van der Waals surface area contributed by atoms with Gasteiger partial charge in [-0.1, -0.05) is 32.5 Å². The average Bonchev–Trinajstić information content (AvgIpc) is 2.89. The second-order valence-electron chi connectivity index (χ2n) is 8.00. The molecule has 0 spiro atoms. The number of hydrogen-bond donors (Lipinski definition) is 0. The molecule has 25 heavy (non-hydrogen) atoms. The third kappa shape index (κ3) is 4.17. The van der Waals surface area contributed by atoms with Gasteiger partial charge in [0.05, 0.1) is 11.9 Å². The maximum absolute atomic E-state index is 11.9. The van der Waals surface area contributed by atoms with Crippen LogP contribution in [0.15, 0.2) is 11.4 Å². The van der Waals surface area contributed by atoms with E-state index in [4.69, 9.17) is 4.74 Å². The van der Waals surface area contributed by atoms with Crippen LogP contribution in [0, 0.1) is 11.3 Å². The van der Waals surface area contributed by atoms with Crippen molar-refractivity contribution < 1.29 is 9.53 Å². The summed E-state index contributed by atoms with van der Waals surface area (Å²) in [7, 11) is 0. The zero-order valence-electron chi connectivity index (χ0n) is 15.6. The fourth-order valence-electron chi connectivity index (χ4n) is 3.35. The van der Waals surface area contributed by atoms with Crippen LogP contribution in [-0.4, -0.2) is 27.8 Å². The molecule has 0 saturated carbocycles. The number of aromatic nitrogens is 2. The Bertz CT molecular complexity index is 778. The van der Waals surface area contributed by atoms with E-state index < -0.39 is 0 Å². The second-order valence-corrected chi connectivity index (χ2v) is 10.0. The Labute approximate surface area is 157 Å². The van der Waals surface area contributed by atoms with Crippen LogP contribution >= 0.6 is 23.1 Å². The van der Waals surface area contributed by atoms with E-state index in [9.17, 15) is 4.79 Å². The summed E-state index contributed by atoms with van der Waals surface area (Å²) < 4.78 is 5.23. The molecule has 0 saturated heterocycles.